The van der Waals surface area contributed by atoms with Crippen LogP contribution in [0.2, 0.25) is 5.02 Å². The molecule has 5 nitrogen and oxygen atoms in total. The van der Waals surface area contributed by atoms with Crippen LogP contribution in [-0.2, 0) is 11.2 Å². The van der Waals surface area contributed by atoms with Crippen molar-refractivity contribution in [1.29, 1.82) is 0 Å². The highest BCUT2D eigenvalue weighted by atomic mass is 35.5. The second-order valence-electron chi connectivity index (χ2n) is 6.40. The van der Waals surface area contributed by atoms with E-state index in [2.05, 4.69) is 10.1 Å². The molecular weight excluding hydrogens is 370 g/mol. The molecule has 0 N–H and O–H groups in total. The van der Waals surface area contributed by atoms with E-state index >= 15 is 0 Å². The molecule has 0 aliphatic carbocycles. The summed E-state index contributed by atoms with van der Waals surface area (Å²) in [5, 5.41) is 6.76. The molecule has 3 aromatic rings. The quantitative estimate of drug-likeness (QED) is 0.665. The highest BCUT2D eigenvalue weighted by Crippen LogP contribution is 2.28. The zero-order valence-electron chi connectivity index (χ0n) is 14.1. The smallest absolute Gasteiger partial charge is 0.231 e. The van der Waals surface area contributed by atoms with Crippen molar-refractivity contribution >= 4 is 28.8 Å². The zero-order chi connectivity index (χ0) is 17.9. The summed E-state index contributed by atoms with van der Waals surface area (Å²) in [6.45, 7) is 1.42. The number of amides is 1. The molecule has 134 valence electrons. The van der Waals surface area contributed by atoms with Crippen molar-refractivity contribution < 1.29 is 9.32 Å². The molecule has 0 spiro atoms. The predicted molar refractivity (Wildman–Crippen MR) is 101 cm³/mol. The van der Waals surface area contributed by atoms with Gasteiger partial charge in [0.1, 0.15) is 0 Å². The van der Waals surface area contributed by atoms with E-state index in [0.717, 1.165) is 29.8 Å². The van der Waals surface area contributed by atoms with Gasteiger partial charge in [0.05, 0.1) is 12.3 Å². The molecule has 26 heavy (non-hydrogen) atoms. The first-order valence-electron chi connectivity index (χ1n) is 8.59. The second kappa shape index (κ2) is 7.60. The minimum absolute atomic E-state index is 0.0876. The number of halogens is 1. The van der Waals surface area contributed by atoms with Crippen LogP contribution in [0.1, 0.15) is 29.5 Å². The molecule has 3 heterocycles. The molecule has 0 saturated carbocycles. The lowest BCUT2D eigenvalue weighted by molar-refractivity contribution is -0.131. The Balaban J connectivity index is 1.44. The molecule has 1 saturated heterocycles. The summed E-state index contributed by atoms with van der Waals surface area (Å²) in [7, 11) is 0. The first kappa shape index (κ1) is 17.2. The van der Waals surface area contributed by atoms with Crippen LogP contribution in [0.4, 0.5) is 0 Å². The standard InChI is InChI=1S/C19H18ClN3O2S/c20-15-7-5-13(6-8-15)18-21-19(25-22-18)14-3-1-9-23(12-14)17(24)11-16-4-2-10-26-16/h2,4-8,10,14H,1,3,9,11-12H2. The maximum absolute atomic E-state index is 12.6. The third-order valence-electron chi connectivity index (χ3n) is 4.57. The van der Waals surface area contributed by atoms with Crippen LogP contribution in [-0.4, -0.2) is 34.0 Å². The third-order valence-corrected chi connectivity index (χ3v) is 5.70. The minimum Gasteiger partial charge on any atom is -0.342 e. The van der Waals surface area contributed by atoms with Gasteiger partial charge in [-0.15, -0.1) is 11.3 Å². The number of likely N-dealkylation sites (tertiary alicyclic amines) is 1. The highest BCUT2D eigenvalue weighted by Gasteiger charge is 2.28. The van der Waals surface area contributed by atoms with E-state index in [9.17, 15) is 4.79 Å². The number of rotatable bonds is 4. The Kier molecular flexibility index (Phi) is 5.04. The van der Waals surface area contributed by atoms with Crippen molar-refractivity contribution in [3.63, 3.8) is 0 Å². The average Bonchev–Trinajstić information content (AvgIpc) is 3.34. The summed E-state index contributed by atoms with van der Waals surface area (Å²) in [5.74, 6) is 1.40. The molecule has 4 rings (SSSR count). The summed E-state index contributed by atoms with van der Waals surface area (Å²) in [5.41, 5.74) is 0.867. The van der Waals surface area contributed by atoms with Gasteiger partial charge in [-0.2, -0.15) is 4.98 Å². The Morgan fingerprint density at radius 3 is 2.92 bits per heavy atom. The van der Waals surface area contributed by atoms with Crippen molar-refractivity contribution in [1.82, 2.24) is 15.0 Å². The molecule has 1 amide bonds. The molecule has 1 atom stereocenters. The third kappa shape index (κ3) is 3.81. The van der Waals surface area contributed by atoms with E-state index in [1.54, 1.807) is 23.5 Å². The number of aromatic nitrogens is 2. The number of thiophene rings is 1. The number of hydrogen-bond acceptors (Lipinski definition) is 5. The van der Waals surface area contributed by atoms with Gasteiger partial charge in [0.2, 0.25) is 17.6 Å². The van der Waals surface area contributed by atoms with Crippen LogP contribution in [0, 0.1) is 0 Å². The average molecular weight is 388 g/mol. The van der Waals surface area contributed by atoms with Gasteiger partial charge in [-0.3, -0.25) is 4.79 Å². The number of piperidine rings is 1. The lowest BCUT2D eigenvalue weighted by atomic mass is 9.97. The Bertz CT molecular complexity index is 877. The van der Waals surface area contributed by atoms with E-state index in [1.165, 1.54) is 0 Å². The molecule has 1 unspecified atom stereocenters. The van der Waals surface area contributed by atoms with Crippen LogP contribution in [0.3, 0.4) is 0 Å². The highest BCUT2D eigenvalue weighted by molar-refractivity contribution is 7.10. The van der Waals surface area contributed by atoms with Gasteiger partial charge in [-0.1, -0.05) is 22.8 Å². The molecule has 7 heteroatoms. The molecule has 0 radical (unpaired) electrons. The lowest BCUT2D eigenvalue weighted by Crippen LogP contribution is -2.39. The molecular formula is C19H18ClN3O2S. The second-order valence-corrected chi connectivity index (χ2v) is 7.87. The van der Waals surface area contributed by atoms with Crippen LogP contribution >= 0.6 is 22.9 Å². The van der Waals surface area contributed by atoms with Crippen molar-refractivity contribution in [3.8, 4) is 11.4 Å². The lowest BCUT2D eigenvalue weighted by Gasteiger charge is -2.31. The largest absolute Gasteiger partial charge is 0.342 e. The summed E-state index contributed by atoms with van der Waals surface area (Å²) >= 11 is 7.54. The number of carbonyl (C=O) groups excluding carboxylic acids is 1. The maximum Gasteiger partial charge on any atom is 0.231 e. The van der Waals surface area contributed by atoms with E-state index < -0.39 is 0 Å². The van der Waals surface area contributed by atoms with Gasteiger partial charge >= 0.3 is 0 Å². The number of carbonyl (C=O) groups is 1. The molecule has 1 aliphatic rings. The molecule has 1 aliphatic heterocycles. The summed E-state index contributed by atoms with van der Waals surface area (Å²) < 4.78 is 5.49. The van der Waals surface area contributed by atoms with E-state index in [-0.39, 0.29) is 11.8 Å². The van der Waals surface area contributed by atoms with Crippen molar-refractivity contribution in [2.75, 3.05) is 13.1 Å². The van der Waals surface area contributed by atoms with Gasteiger partial charge in [0.25, 0.3) is 0 Å². The van der Waals surface area contributed by atoms with Gasteiger partial charge in [-0.05, 0) is 48.6 Å². The Morgan fingerprint density at radius 2 is 2.15 bits per heavy atom. The van der Waals surface area contributed by atoms with Gasteiger partial charge in [0.15, 0.2) is 0 Å². The first-order chi connectivity index (χ1) is 12.7. The van der Waals surface area contributed by atoms with Crippen LogP contribution in [0.25, 0.3) is 11.4 Å². The van der Waals surface area contributed by atoms with E-state index in [1.807, 2.05) is 34.5 Å². The molecule has 2 aromatic heterocycles. The SMILES string of the molecule is O=C(Cc1cccs1)N1CCCC(c2nc(-c3ccc(Cl)cc3)no2)C1. The van der Waals surface area contributed by atoms with Crippen LogP contribution < -0.4 is 0 Å². The van der Waals surface area contributed by atoms with Crippen molar-refractivity contribution in [2.45, 2.75) is 25.2 Å². The van der Waals surface area contributed by atoms with E-state index in [0.29, 0.717) is 29.7 Å². The number of benzene rings is 1. The summed E-state index contributed by atoms with van der Waals surface area (Å²) in [6.07, 6.45) is 2.36. The van der Waals surface area contributed by atoms with Crippen LogP contribution in [0.15, 0.2) is 46.3 Å². The van der Waals surface area contributed by atoms with Crippen LogP contribution in [0.5, 0.6) is 0 Å². The minimum atomic E-state index is 0.0876. The summed E-state index contributed by atoms with van der Waals surface area (Å²) in [6, 6.07) is 11.3. The van der Waals surface area contributed by atoms with Gasteiger partial charge in [-0.25, -0.2) is 0 Å². The maximum atomic E-state index is 12.6. The Morgan fingerprint density at radius 1 is 1.31 bits per heavy atom. The van der Waals surface area contributed by atoms with E-state index in [4.69, 9.17) is 16.1 Å². The fourth-order valence-corrected chi connectivity index (χ4v) is 4.02. The molecule has 1 fully saturated rings. The zero-order valence-corrected chi connectivity index (χ0v) is 15.7. The normalized spacial score (nSPS) is 17.4. The van der Waals surface area contributed by atoms with Crippen molar-refractivity contribution in [3.05, 3.63) is 57.6 Å². The summed E-state index contributed by atoms with van der Waals surface area (Å²) in [4.78, 5) is 20.1. The molecule has 1 aromatic carbocycles. The van der Waals surface area contributed by atoms with Gasteiger partial charge in [0, 0.05) is 28.6 Å². The predicted octanol–water partition coefficient (Wildman–Crippen LogP) is 4.40. The fraction of sp³-hybridized carbons (Fsp3) is 0.316. The number of hydrogen-bond donors (Lipinski definition) is 0. The van der Waals surface area contributed by atoms with Crippen molar-refractivity contribution in [2.24, 2.45) is 0 Å². The monoisotopic (exact) mass is 387 g/mol. The molecule has 0 bridgehead atoms. The Hall–Kier alpha value is -2.18. The fourth-order valence-electron chi connectivity index (χ4n) is 3.20. The number of nitrogens with zero attached hydrogens (tertiary/aromatic N) is 3. The first-order valence-corrected chi connectivity index (χ1v) is 9.84. The Labute approximate surface area is 160 Å². The van der Waals surface area contributed by atoms with Gasteiger partial charge < -0.3 is 9.42 Å². The topological polar surface area (TPSA) is 59.2 Å².